The fraction of sp³-hybridized carbons (Fsp3) is 0.923. The summed E-state index contributed by atoms with van der Waals surface area (Å²) in [6.07, 6.45) is 27.6. The van der Waals surface area contributed by atoms with Crippen LogP contribution in [0.3, 0.4) is 0 Å². The van der Waals surface area contributed by atoms with Gasteiger partial charge in [0.05, 0.1) is 6.10 Å². The topological polar surface area (TPSA) is 46.2 Å². The highest BCUT2D eigenvalue weighted by molar-refractivity contribution is 4.85. The second-order valence-corrected chi connectivity index (χ2v) is 9.09. The largest absolute Gasteiger partial charge is 0.393 e. The molecule has 0 rings (SSSR count). The van der Waals surface area contributed by atoms with Gasteiger partial charge in [-0.25, -0.2) is 0 Å². The van der Waals surface area contributed by atoms with Crippen LogP contribution in [0.2, 0.25) is 0 Å². The van der Waals surface area contributed by atoms with Gasteiger partial charge in [0.2, 0.25) is 0 Å². The first kappa shape index (κ1) is 27.7. The van der Waals surface area contributed by atoms with Gasteiger partial charge < -0.3 is 10.8 Å². The lowest BCUT2D eigenvalue weighted by molar-refractivity contribution is 0.163. The molecule has 0 amide bonds. The maximum Gasteiger partial charge on any atom is 0.0574 e. The fourth-order valence-corrected chi connectivity index (χ4v) is 4.00. The van der Waals surface area contributed by atoms with Gasteiger partial charge in [0, 0.05) is 5.54 Å². The zero-order valence-electron chi connectivity index (χ0n) is 19.7. The molecule has 0 aliphatic carbocycles. The molecule has 2 heteroatoms. The van der Waals surface area contributed by atoms with Crippen molar-refractivity contribution in [2.45, 2.75) is 154 Å². The standard InChI is InChI=1S/C26H53NO/c1-4-7-10-17-20-25(28)21-18-15-13-11-12-14-16-19-24-26(27,22-8-5-2)23-9-6-3/h15,18,25,28H,4-14,16-17,19-24,27H2,1-3H3/b18-15-/t25-/m1/s1. The van der Waals surface area contributed by atoms with Crippen LogP contribution < -0.4 is 5.73 Å². The molecule has 28 heavy (non-hydrogen) atoms. The molecule has 0 aliphatic heterocycles. The Morgan fingerprint density at radius 3 is 1.86 bits per heavy atom. The van der Waals surface area contributed by atoms with E-state index in [-0.39, 0.29) is 11.6 Å². The predicted octanol–water partition coefficient (Wildman–Crippen LogP) is 8.07. The highest BCUT2D eigenvalue weighted by Crippen LogP contribution is 2.25. The van der Waals surface area contributed by atoms with Crippen LogP contribution in [0.15, 0.2) is 12.2 Å². The number of aliphatic hydroxyl groups is 1. The summed E-state index contributed by atoms with van der Waals surface area (Å²) in [6, 6.07) is 0. The van der Waals surface area contributed by atoms with Gasteiger partial charge in [-0.15, -0.1) is 0 Å². The number of hydrogen-bond acceptors (Lipinski definition) is 2. The third-order valence-electron chi connectivity index (χ3n) is 6.07. The molecule has 0 spiro atoms. The Kier molecular flexibility index (Phi) is 19.7. The van der Waals surface area contributed by atoms with Crippen molar-refractivity contribution in [3.63, 3.8) is 0 Å². The number of rotatable bonds is 21. The van der Waals surface area contributed by atoms with Crippen LogP contribution >= 0.6 is 0 Å². The highest BCUT2D eigenvalue weighted by atomic mass is 16.3. The van der Waals surface area contributed by atoms with Crippen LogP contribution in [0.25, 0.3) is 0 Å². The van der Waals surface area contributed by atoms with E-state index in [1.54, 1.807) is 0 Å². The first-order chi connectivity index (χ1) is 13.6. The average Bonchev–Trinajstić information content (AvgIpc) is 2.69. The van der Waals surface area contributed by atoms with Crippen LogP contribution in [0.1, 0.15) is 143 Å². The summed E-state index contributed by atoms with van der Waals surface area (Å²) in [5, 5.41) is 9.96. The molecule has 0 aromatic carbocycles. The maximum absolute atomic E-state index is 9.96. The van der Waals surface area contributed by atoms with Gasteiger partial charge in [-0.2, -0.15) is 0 Å². The molecule has 0 heterocycles. The molecule has 0 fully saturated rings. The van der Waals surface area contributed by atoms with E-state index in [4.69, 9.17) is 5.73 Å². The van der Waals surface area contributed by atoms with E-state index < -0.39 is 0 Å². The first-order valence-electron chi connectivity index (χ1n) is 12.7. The summed E-state index contributed by atoms with van der Waals surface area (Å²) in [5.41, 5.74) is 6.81. The zero-order chi connectivity index (χ0) is 20.9. The minimum Gasteiger partial charge on any atom is -0.393 e. The highest BCUT2D eigenvalue weighted by Gasteiger charge is 2.22. The second-order valence-electron chi connectivity index (χ2n) is 9.09. The first-order valence-corrected chi connectivity index (χ1v) is 12.7. The van der Waals surface area contributed by atoms with Crippen LogP contribution in [0.4, 0.5) is 0 Å². The second kappa shape index (κ2) is 20.0. The molecule has 0 radical (unpaired) electrons. The number of unbranched alkanes of at least 4 members (excludes halogenated alkanes) is 10. The quantitative estimate of drug-likeness (QED) is 0.152. The molecule has 1 atom stereocenters. The van der Waals surface area contributed by atoms with Gasteiger partial charge in [-0.05, 0) is 44.9 Å². The monoisotopic (exact) mass is 395 g/mol. The Morgan fingerprint density at radius 2 is 1.21 bits per heavy atom. The summed E-state index contributed by atoms with van der Waals surface area (Å²) >= 11 is 0. The SMILES string of the molecule is CCCCCC[C@@H](O)C/C=C\CCCCCCCC(N)(CCCC)CCCC. The summed E-state index contributed by atoms with van der Waals surface area (Å²) in [6.45, 7) is 6.76. The van der Waals surface area contributed by atoms with Crippen molar-refractivity contribution >= 4 is 0 Å². The van der Waals surface area contributed by atoms with E-state index in [0.29, 0.717) is 0 Å². The van der Waals surface area contributed by atoms with Crippen molar-refractivity contribution in [3.05, 3.63) is 12.2 Å². The Hall–Kier alpha value is -0.340. The summed E-state index contributed by atoms with van der Waals surface area (Å²) in [5.74, 6) is 0. The molecule has 3 N–H and O–H groups in total. The van der Waals surface area contributed by atoms with E-state index in [0.717, 1.165) is 19.3 Å². The molecule has 0 aromatic heterocycles. The van der Waals surface area contributed by atoms with Gasteiger partial charge in [0.15, 0.2) is 0 Å². The summed E-state index contributed by atoms with van der Waals surface area (Å²) < 4.78 is 0. The molecule has 0 aliphatic rings. The van der Waals surface area contributed by atoms with Gasteiger partial charge in [0.25, 0.3) is 0 Å². The lowest BCUT2D eigenvalue weighted by Gasteiger charge is -2.30. The number of aliphatic hydroxyl groups excluding tert-OH is 1. The van der Waals surface area contributed by atoms with Crippen molar-refractivity contribution < 1.29 is 5.11 Å². The van der Waals surface area contributed by atoms with E-state index in [1.807, 2.05) is 0 Å². The minimum absolute atomic E-state index is 0.103. The van der Waals surface area contributed by atoms with Crippen molar-refractivity contribution in [1.29, 1.82) is 0 Å². The van der Waals surface area contributed by atoms with Crippen LogP contribution in [0.5, 0.6) is 0 Å². The van der Waals surface area contributed by atoms with Crippen LogP contribution in [0, 0.1) is 0 Å². The number of hydrogen-bond donors (Lipinski definition) is 2. The van der Waals surface area contributed by atoms with E-state index >= 15 is 0 Å². The van der Waals surface area contributed by atoms with E-state index in [9.17, 15) is 5.11 Å². The molecule has 0 unspecified atom stereocenters. The molecule has 0 aromatic rings. The molecule has 0 saturated heterocycles. The lowest BCUT2D eigenvalue weighted by atomic mass is 9.83. The lowest BCUT2D eigenvalue weighted by Crippen LogP contribution is -2.39. The minimum atomic E-state index is -0.134. The molecular weight excluding hydrogens is 342 g/mol. The molecular formula is C26H53NO. The van der Waals surface area contributed by atoms with Gasteiger partial charge >= 0.3 is 0 Å². The third-order valence-corrected chi connectivity index (χ3v) is 6.07. The number of nitrogens with two attached hydrogens (primary N) is 1. The zero-order valence-corrected chi connectivity index (χ0v) is 19.7. The predicted molar refractivity (Wildman–Crippen MR) is 127 cm³/mol. The normalized spacial score (nSPS) is 13.5. The summed E-state index contributed by atoms with van der Waals surface area (Å²) in [4.78, 5) is 0. The third kappa shape index (κ3) is 17.7. The van der Waals surface area contributed by atoms with Gasteiger partial charge in [-0.3, -0.25) is 0 Å². The Bertz CT molecular complexity index is 331. The van der Waals surface area contributed by atoms with Gasteiger partial charge in [0.1, 0.15) is 0 Å². The van der Waals surface area contributed by atoms with Crippen molar-refractivity contribution in [2.75, 3.05) is 0 Å². The Labute approximate surface area is 177 Å². The van der Waals surface area contributed by atoms with E-state index in [1.165, 1.54) is 103 Å². The molecule has 0 bridgehead atoms. The van der Waals surface area contributed by atoms with E-state index in [2.05, 4.69) is 32.9 Å². The Balaban J connectivity index is 3.63. The molecule has 2 nitrogen and oxygen atoms in total. The van der Waals surface area contributed by atoms with Crippen LogP contribution in [-0.2, 0) is 0 Å². The fourth-order valence-electron chi connectivity index (χ4n) is 4.00. The van der Waals surface area contributed by atoms with Crippen molar-refractivity contribution in [3.8, 4) is 0 Å². The number of allylic oxidation sites excluding steroid dienone is 1. The maximum atomic E-state index is 9.96. The van der Waals surface area contributed by atoms with Crippen molar-refractivity contribution in [1.82, 2.24) is 0 Å². The van der Waals surface area contributed by atoms with Gasteiger partial charge in [-0.1, -0.05) is 110 Å². The average molecular weight is 396 g/mol. The molecule has 168 valence electrons. The molecule has 0 saturated carbocycles. The smallest absolute Gasteiger partial charge is 0.0574 e. The van der Waals surface area contributed by atoms with Crippen molar-refractivity contribution in [2.24, 2.45) is 5.73 Å². The summed E-state index contributed by atoms with van der Waals surface area (Å²) in [7, 11) is 0. The Morgan fingerprint density at radius 1 is 0.679 bits per heavy atom. The van der Waals surface area contributed by atoms with Crippen LogP contribution in [-0.4, -0.2) is 16.7 Å².